The van der Waals surface area contributed by atoms with Crippen molar-refractivity contribution < 1.29 is 18.5 Å². The quantitative estimate of drug-likeness (QED) is 0.513. The highest BCUT2D eigenvalue weighted by atomic mass is 32.2. The molecule has 1 amide bonds. The van der Waals surface area contributed by atoms with E-state index < -0.39 is 10.8 Å². The van der Waals surface area contributed by atoms with Crippen LogP contribution < -0.4 is 0 Å². The first-order chi connectivity index (χ1) is 6.92. The second-order valence-electron chi connectivity index (χ2n) is 2.80. The number of hydrogen-bond acceptors (Lipinski definition) is 4. The summed E-state index contributed by atoms with van der Waals surface area (Å²) >= 11 is 0. The molecule has 0 aliphatic rings. The number of methoxy groups -OCH3 is 2. The minimum atomic E-state index is -0.611. The summed E-state index contributed by atoms with van der Waals surface area (Å²) < 4.78 is 18.9. The molecule has 0 atom stereocenters. The molecule has 0 radical (unpaired) electrons. The van der Waals surface area contributed by atoms with E-state index in [9.17, 15) is 9.00 Å². The zero-order chi connectivity index (χ0) is 12.7. The maximum absolute atomic E-state index is 9.56. The Morgan fingerprint density at radius 2 is 1.33 bits per heavy atom. The van der Waals surface area contributed by atoms with Crippen molar-refractivity contribution in [2.45, 2.75) is 0 Å². The SMILES string of the molecule is CN(C)C=O.COCCOC.CS(C)=O. The Morgan fingerprint density at radius 3 is 1.40 bits per heavy atom. The lowest BCUT2D eigenvalue weighted by Gasteiger charge is -1.93. The van der Waals surface area contributed by atoms with Gasteiger partial charge in [0.2, 0.25) is 6.41 Å². The van der Waals surface area contributed by atoms with Gasteiger partial charge in [0.25, 0.3) is 0 Å². The van der Waals surface area contributed by atoms with Gasteiger partial charge in [-0.3, -0.25) is 9.00 Å². The van der Waals surface area contributed by atoms with Crippen LogP contribution >= 0.6 is 0 Å². The molecule has 0 aromatic rings. The Labute approximate surface area is 95.2 Å². The highest BCUT2D eigenvalue weighted by Crippen LogP contribution is 1.65. The van der Waals surface area contributed by atoms with Gasteiger partial charge in [0, 0.05) is 51.6 Å². The lowest BCUT2D eigenvalue weighted by molar-refractivity contribution is -0.115. The third-order valence-corrected chi connectivity index (χ3v) is 0.702. The molecule has 0 fully saturated rings. The summed E-state index contributed by atoms with van der Waals surface area (Å²) in [6.07, 6.45) is 4.03. The van der Waals surface area contributed by atoms with Gasteiger partial charge in [-0.15, -0.1) is 0 Å². The van der Waals surface area contributed by atoms with Crippen molar-refractivity contribution in [2.75, 3.05) is 54.0 Å². The van der Waals surface area contributed by atoms with Crippen LogP contribution in [0.4, 0.5) is 0 Å². The Bertz CT molecular complexity index is 134. The fourth-order valence-corrected chi connectivity index (χ4v) is 0.167. The average molecular weight is 241 g/mol. The van der Waals surface area contributed by atoms with Gasteiger partial charge in [-0.05, 0) is 0 Å². The van der Waals surface area contributed by atoms with Gasteiger partial charge in [0.15, 0.2) is 0 Å². The van der Waals surface area contributed by atoms with Crippen molar-refractivity contribution in [1.82, 2.24) is 4.90 Å². The molecule has 0 aromatic heterocycles. The lowest BCUT2D eigenvalue weighted by atomic mass is 10.8. The van der Waals surface area contributed by atoms with Crippen LogP contribution in [0.15, 0.2) is 0 Å². The Kier molecular flexibility index (Phi) is 25.6. The average Bonchev–Trinajstić information content (AvgIpc) is 2.14. The van der Waals surface area contributed by atoms with E-state index in [0.29, 0.717) is 13.2 Å². The summed E-state index contributed by atoms with van der Waals surface area (Å²) in [4.78, 5) is 10.9. The highest BCUT2D eigenvalue weighted by molar-refractivity contribution is 7.83. The van der Waals surface area contributed by atoms with E-state index in [1.54, 1.807) is 40.8 Å². The van der Waals surface area contributed by atoms with E-state index >= 15 is 0 Å². The van der Waals surface area contributed by atoms with Crippen LogP contribution in [0, 0.1) is 0 Å². The largest absolute Gasteiger partial charge is 0.382 e. The summed E-state index contributed by atoms with van der Waals surface area (Å²) in [6.45, 7) is 1.38. The van der Waals surface area contributed by atoms with E-state index in [0.717, 1.165) is 6.41 Å². The molecular weight excluding hydrogens is 218 g/mol. The molecule has 0 spiro atoms. The predicted molar refractivity (Wildman–Crippen MR) is 63.5 cm³/mol. The number of carbonyl (C=O) groups excluding carboxylic acids is 1. The van der Waals surface area contributed by atoms with Crippen LogP contribution in [-0.4, -0.2) is 69.6 Å². The smallest absolute Gasteiger partial charge is 0.209 e. The number of rotatable bonds is 4. The van der Waals surface area contributed by atoms with Crippen molar-refractivity contribution >= 4 is 17.2 Å². The standard InChI is InChI=1S/C4H10O2.C3H7NO.C2H6OS/c1-5-3-4-6-2;1-4(2)3-5;1-4(2)3/h3-4H2,1-2H3;3H,1-2H3;1-2H3. The maximum Gasteiger partial charge on any atom is 0.209 e. The highest BCUT2D eigenvalue weighted by Gasteiger charge is 1.73. The van der Waals surface area contributed by atoms with E-state index in [1.807, 2.05) is 0 Å². The first-order valence-electron chi connectivity index (χ1n) is 4.27. The molecule has 15 heavy (non-hydrogen) atoms. The van der Waals surface area contributed by atoms with Crippen molar-refractivity contribution in [1.29, 1.82) is 0 Å². The fourth-order valence-electron chi connectivity index (χ4n) is 0.167. The summed E-state index contributed by atoms with van der Waals surface area (Å²) in [6, 6.07) is 0. The molecule has 94 valence electrons. The van der Waals surface area contributed by atoms with Crippen LogP contribution in [-0.2, 0) is 25.1 Å². The Morgan fingerprint density at radius 1 is 1.13 bits per heavy atom. The summed E-state index contributed by atoms with van der Waals surface area (Å²) in [5, 5.41) is 0. The van der Waals surface area contributed by atoms with E-state index in [2.05, 4.69) is 9.47 Å². The third kappa shape index (κ3) is 87.5. The molecule has 0 rings (SSSR count). The van der Waals surface area contributed by atoms with Gasteiger partial charge < -0.3 is 14.4 Å². The molecule has 0 unspecified atom stereocenters. The molecule has 0 heterocycles. The molecule has 0 saturated heterocycles. The second kappa shape index (κ2) is 19.2. The minimum absolute atomic E-state index is 0.611. The minimum Gasteiger partial charge on any atom is -0.382 e. The Balaban J connectivity index is -0.000000147. The number of amides is 1. The van der Waals surface area contributed by atoms with Gasteiger partial charge in [-0.25, -0.2) is 0 Å². The second-order valence-corrected chi connectivity index (χ2v) is 4.28. The van der Waals surface area contributed by atoms with Crippen LogP contribution in [0.5, 0.6) is 0 Å². The third-order valence-electron chi connectivity index (χ3n) is 0.702. The maximum atomic E-state index is 9.56. The molecule has 0 aliphatic heterocycles. The number of hydrogen-bond donors (Lipinski definition) is 0. The summed E-state index contributed by atoms with van der Waals surface area (Å²) in [7, 11) is 6.07. The molecule has 5 nitrogen and oxygen atoms in total. The van der Waals surface area contributed by atoms with Crippen molar-refractivity contribution in [3.8, 4) is 0 Å². The monoisotopic (exact) mass is 241 g/mol. The van der Waals surface area contributed by atoms with Crippen LogP contribution in [0.25, 0.3) is 0 Å². The van der Waals surface area contributed by atoms with E-state index in [1.165, 1.54) is 4.90 Å². The zero-order valence-electron chi connectivity index (χ0n) is 10.5. The summed E-state index contributed by atoms with van der Waals surface area (Å²) in [5.41, 5.74) is 0. The van der Waals surface area contributed by atoms with Crippen molar-refractivity contribution in [3.05, 3.63) is 0 Å². The van der Waals surface area contributed by atoms with Crippen molar-refractivity contribution in [2.24, 2.45) is 0 Å². The fraction of sp³-hybridized carbons (Fsp3) is 0.889. The molecule has 0 aliphatic carbocycles. The lowest BCUT2D eigenvalue weighted by Crippen LogP contribution is -2.06. The summed E-state index contributed by atoms with van der Waals surface area (Å²) in [5.74, 6) is 0. The number of nitrogens with zero attached hydrogens (tertiary/aromatic N) is 1. The molecule has 0 saturated carbocycles. The van der Waals surface area contributed by atoms with Gasteiger partial charge in [-0.2, -0.15) is 0 Å². The van der Waals surface area contributed by atoms with Crippen molar-refractivity contribution in [3.63, 3.8) is 0 Å². The molecule has 0 N–H and O–H groups in total. The van der Waals surface area contributed by atoms with Gasteiger partial charge in [0.05, 0.1) is 13.2 Å². The number of ether oxygens (including phenoxy) is 2. The normalized spacial score (nSPS) is 8.20. The number of carbonyl (C=O) groups is 1. The van der Waals surface area contributed by atoms with Gasteiger partial charge >= 0.3 is 0 Å². The molecule has 0 aromatic carbocycles. The van der Waals surface area contributed by atoms with E-state index in [4.69, 9.17) is 0 Å². The molecular formula is C9H23NO4S. The molecule has 0 bridgehead atoms. The first kappa shape index (κ1) is 20.0. The molecule has 6 heteroatoms. The van der Waals surface area contributed by atoms with Gasteiger partial charge in [-0.1, -0.05) is 0 Å². The first-order valence-corrected chi connectivity index (χ1v) is 6.23. The van der Waals surface area contributed by atoms with Crippen LogP contribution in [0.3, 0.4) is 0 Å². The van der Waals surface area contributed by atoms with Gasteiger partial charge in [0.1, 0.15) is 0 Å². The Hall–Kier alpha value is -0.460. The topological polar surface area (TPSA) is 55.8 Å². The van der Waals surface area contributed by atoms with Crippen LogP contribution in [0.2, 0.25) is 0 Å². The van der Waals surface area contributed by atoms with E-state index in [-0.39, 0.29) is 0 Å². The zero-order valence-corrected chi connectivity index (χ0v) is 11.3. The van der Waals surface area contributed by atoms with Crippen LogP contribution in [0.1, 0.15) is 0 Å². The predicted octanol–water partition coefficient (Wildman–Crippen LogP) is -0.0217.